The molecule has 27 heavy (non-hydrogen) atoms. The number of nitriles is 1. The molecule has 10 heteroatoms. The molecule has 0 unspecified atom stereocenters. The maximum Gasteiger partial charge on any atom is 0.308 e. The third-order valence-electron chi connectivity index (χ3n) is 3.19. The molecule has 0 atom stereocenters. The Morgan fingerprint density at radius 2 is 2.00 bits per heavy atom. The van der Waals surface area contributed by atoms with Crippen molar-refractivity contribution >= 4 is 34.1 Å². The molecular weight excluding hydrogens is 380 g/mol. The Bertz CT molecular complexity index is 908. The number of rotatable bonds is 7. The van der Waals surface area contributed by atoms with Crippen LogP contribution in [0.1, 0.15) is 22.3 Å². The van der Waals surface area contributed by atoms with Gasteiger partial charge >= 0.3 is 5.97 Å². The van der Waals surface area contributed by atoms with Crippen molar-refractivity contribution in [1.29, 1.82) is 5.26 Å². The van der Waals surface area contributed by atoms with Crippen LogP contribution in [-0.4, -0.2) is 30.9 Å². The van der Waals surface area contributed by atoms with Gasteiger partial charge in [-0.15, -0.1) is 11.3 Å². The molecular formula is C17H13F2N3O4S. The van der Waals surface area contributed by atoms with Crippen molar-refractivity contribution in [2.75, 3.05) is 18.5 Å². The predicted molar refractivity (Wildman–Crippen MR) is 91.9 cm³/mol. The van der Waals surface area contributed by atoms with Crippen LogP contribution in [0, 0.1) is 23.0 Å². The molecule has 0 saturated heterocycles. The van der Waals surface area contributed by atoms with E-state index in [9.17, 15) is 23.2 Å². The predicted octanol–water partition coefficient (Wildman–Crippen LogP) is 2.20. The maximum atomic E-state index is 13.4. The van der Waals surface area contributed by atoms with E-state index in [1.165, 1.54) is 0 Å². The first-order chi connectivity index (χ1) is 12.9. The molecule has 140 valence electrons. The summed E-state index contributed by atoms with van der Waals surface area (Å²) in [5.74, 6) is -4.00. The summed E-state index contributed by atoms with van der Waals surface area (Å²) in [6.45, 7) is -0.707. The number of halogens is 2. The fraction of sp³-hybridized carbons (Fsp3) is 0.176. The molecule has 0 spiro atoms. The topological polar surface area (TPSA) is 108 Å². The highest BCUT2D eigenvalue weighted by Gasteiger charge is 2.14. The number of hydrogen-bond acceptors (Lipinski definition) is 6. The Morgan fingerprint density at radius 1 is 1.22 bits per heavy atom. The Morgan fingerprint density at radius 3 is 2.70 bits per heavy atom. The maximum absolute atomic E-state index is 13.4. The average molecular weight is 393 g/mol. The highest BCUT2D eigenvalue weighted by molar-refractivity contribution is 7.14. The number of anilines is 1. The summed E-state index contributed by atoms with van der Waals surface area (Å²) in [7, 11) is 0. The molecule has 2 aromatic rings. The number of ether oxygens (including phenoxy) is 1. The molecule has 1 aromatic heterocycles. The number of nitrogens with one attached hydrogen (secondary N) is 2. The molecule has 0 fully saturated rings. The van der Waals surface area contributed by atoms with Gasteiger partial charge in [-0.3, -0.25) is 14.4 Å². The molecule has 0 radical (unpaired) electrons. The van der Waals surface area contributed by atoms with E-state index < -0.39 is 36.0 Å². The Hall–Kier alpha value is -3.32. The molecule has 0 aliphatic carbocycles. The van der Waals surface area contributed by atoms with Crippen LogP contribution < -0.4 is 10.6 Å². The fourth-order valence-corrected chi connectivity index (χ4v) is 2.68. The summed E-state index contributed by atoms with van der Waals surface area (Å²) in [5, 5.41) is 15.6. The first-order valence-electron chi connectivity index (χ1n) is 7.57. The minimum atomic E-state index is -1.02. The summed E-state index contributed by atoms with van der Waals surface area (Å²) in [6.07, 6.45) is -0.246. The molecule has 2 N–H and O–H groups in total. The molecule has 0 saturated carbocycles. The zero-order valence-electron chi connectivity index (χ0n) is 13.8. The second-order valence-electron chi connectivity index (χ2n) is 5.11. The summed E-state index contributed by atoms with van der Waals surface area (Å²) >= 11 is 1.16. The van der Waals surface area contributed by atoms with Crippen LogP contribution >= 0.6 is 11.3 Å². The van der Waals surface area contributed by atoms with Crippen LogP contribution in [0.2, 0.25) is 0 Å². The molecule has 0 aliphatic rings. The summed E-state index contributed by atoms with van der Waals surface area (Å²) < 4.78 is 31.0. The Balaban J connectivity index is 1.71. The molecule has 2 rings (SSSR count). The highest BCUT2D eigenvalue weighted by Crippen LogP contribution is 2.21. The lowest BCUT2D eigenvalue weighted by Gasteiger charge is -2.07. The van der Waals surface area contributed by atoms with E-state index in [0.717, 1.165) is 23.5 Å². The van der Waals surface area contributed by atoms with Crippen LogP contribution in [0.15, 0.2) is 29.6 Å². The van der Waals surface area contributed by atoms with E-state index >= 15 is 0 Å². The molecule has 0 bridgehead atoms. The van der Waals surface area contributed by atoms with Crippen LogP contribution in [0.25, 0.3) is 0 Å². The normalized spacial score (nSPS) is 9.96. The van der Waals surface area contributed by atoms with Gasteiger partial charge in [0.05, 0.1) is 17.5 Å². The number of esters is 1. The van der Waals surface area contributed by atoms with E-state index in [1.807, 2.05) is 6.07 Å². The van der Waals surface area contributed by atoms with Crippen molar-refractivity contribution in [3.63, 3.8) is 0 Å². The van der Waals surface area contributed by atoms with Crippen molar-refractivity contribution in [3.05, 3.63) is 52.4 Å². The number of nitrogens with zero attached hydrogens (tertiary/aromatic N) is 1. The van der Waals surface area contributed by atoms with Gasteiger partial charge in [0.25, 0.3) is 11.8 Å². The van der Waals surface area contributed by atoms with Gasteiger partial charge in [0.15, 0.2) is 6.61 Å². The number of hydrogen-bond donors (Lipinski definition) is 2. The van der Waals surface area contributed by atoms with E-state index in [4.69, 9.17) is 10.00 Å². The molecule has 1 aromatic carbocycles. The van der Waals surface area contributed by atoms with Crippen LogP contribution in [0.3, 0.4) is 0 Å². The van der Waals surface area contributed by atoms with Crippen molar-refractivity contribution < 1.29 is 27.9 Å². The lowest BCUT2D eigenvalue weighted by atomic mass is 10.2. The average Bonchev–Trinajstić information content (AvgIpc) is 3.06. The summed E-state index contributed by atoms with van der Waals surface area (Å²) in [6, 6.07) is 5.95. The minimum absolute atomic E-state index is 0.153. The quantitative estimate of drug-likeness (QED) is 0.701. The van der Waals surface area contributed by atoms with Crippen molar-refractivity contribution in [1.82, 2.24) is 5.32 Å². The zero-order valence-corrected chi connectivity index (χ0v) is 14.6. The molecule has 2 amide bonds. The van der Waals surface area contributed by atoms with Crippen molar-refractivity contribution in [2.45, 2.75) is 6.42 Å². The van der Waals surface area contributed by atoms with Gasteiger partial charge in [-0.05, 0) is 23.6 Å². The van der Waals surface area contributed by atoms with Gasteiger partial charge < -0.3 is 15.4 Å². The molecule has 0 aliphatic heterocycles. The Kier molecular flexibility index (Phi) is 6.96. The SMILES string of the molecule is N#Cc1ccsc1NC(=O)COC(=O)CCNC(=O)c1ccc(F)cc1F. The van der Waals surface area contributed by atoms with E-state index in [-0.39, 0.29) is 18.5 Å². The van der Waals surface area contributed by atoms with Gasteiger partial charge in [0.2, 0.25) is 0 Å². The fourth-order valence-electron chi connectivity index (χ4n) is 1.92. The second kappa shape index (κ2) is 9.40. The summed E-state index contributed by atoms with van der Waals surface area (Å²) in [4.78, 5) is 35.0. The number of benzene rings is 1. The lowest BCUT2D eigenvalue weighted by Crippen LogP contribution is -2.28. The minimum Gasteiger partial charge on any atom is -0.456 e. The first-order valence-corrected chi connectivity index (χ1v) is 8.45. The van der Waals surface area contributed by atoms with Gasteiger partial charge in [-0.1, -0.05) is 0 Å². The molecule has 7 nitrogen and oxygen atoms in total. The lowest BCUT2D eigenvalue weighted by molar-refractivity contribution is -0.147. The highest BCUT2D eigenvalue weighted by atomic mass is 32.1. The van der Waals surface area contributed by atoms with Crippen molar-refractivity contribution in [2.24, 2.45) is 0 Å². The van der Waals surface area contributed by atoms with Gasteiger partial charge in [0, 0.05) is 12.6 Å². The van der Waals surface area contributed by atoms with E-state index in [2.05, 4.69) is 10.6 Å². The molecule has 1 heterocycles. The van der Waals surface area contributed by atoms with Crippen molar-refractivity contribution in [3.8, 4) is 6.07 Å². The number of carbonyl (C=O) groups is 3. The standard InChI is InChI=1S/C17H13F2N3O4S/c18-11-1-2-12(13(19)7-11)16(25)21-5-3-15(24)26-9-14(23)22-17-10(8-20)4-6-27-17/h1-2,4,6-7H,3,5,9H2,(H,21,25)(H,22,23). The third kappa shape index (κ3) is 5.86. The van der Waals surface area contributed by atoms with E-state index in [0.29, 0.717) is 16.6 Å². The second-order valence-corrected chi connectivity index (χ2v) is 6.03. The largest absolute Gasteiger partial charge is 0.456 e. The third-order valence-corrected chi connectivity index (χ3v) is 4.02. The Labute approximate surface area is 156 Å². The number of carbonyl (C=O) groups excluding carboxylic acids is 3. The smallest absolute Gasteiger partial charge is 0.308 e. The van der Waals surface area contributed by atoms with Crippen LogP contribution in [0.4, 0.5) is 13.8 Å². The number of amides is 2. The van der Waals surface area contributed by atoms with Crippen LogP contribution in [-0.2, 0) is 14.3 Å². The van der Waals surface area contributed by atoms with Gasteiger partial charge in [0.1, 0.15) is 22.7 Å². The number of thiophene rings is 1. The van der Waals surface area contributed by atoms with E-state index in [1.54, 1.807) is 11.4 Å². The monoisotopic (exact) mass is 393 g/mol. The van der Waals surface area contributed by atoms with Gasteiger partial charge in [-0.2, -0.15) is 5.26 Å². The zero-order chi connectivity index (χ0) is 19.8. The first kappa shape index (κ1) is 20.0. The summed E-state index contributed by atoms with van der Waals surface area (Å²) in [5.41, 5.74) is -0.0520. The van der Waals surface area contributed by atoms with Crippen LogP contribution in [0.5, 0.6) is 0 Å². The van der Waals surface area contributed by atoms with Gasteiger partial charge in [-0.25, -0.2) is 8.78 Å².